The Labute approximate surface area is 108 Å². The number of aliphatic hydroxyl groups excluding tert-OH is 1. The van der Waals surface area contributed by atoms with E-state index in [0.717, 1.165) is 24.1 Å². The minimum absolute atomic E-state index is 0.448. The predicted molar refractivity (Wildman–Crippen MR) is 72.4 cm³/mol. The fourth-order valence-corrected chi connectivity index (χ4v) is 2.20. The standard InChI is InChI=1S/C15H20N2O/c1-3-13-7-5-6-8-14(13)15(18)9-12-10-16-17(4-2)11-12/h5-8,10-11,15,18H,3-4,9H2,1-2H3. The van der Waals surface area contributed by atoms with Crippen molar-refractivity contribution in [1.29, 1.82) is 0 Å². The number of rotatable bonds is 5. The second-order valence-electron chi connectivity index (χ2n) is 4.48. The minimum atomic E-state index is -0.448. The zero-order chi connectivity index (χ0) is 13.0. The van der Waals surface area contributed by atoms with Gasteiger partial charge in [0.25, 0.3) is 0 Å². The summed E-state index contributed by atoms with van der Waals surface area (Å²) in [5, 5.41) is 14.6. The summed E-state index contributed by atoms with van der Waals surface area (Å²) in [5.74, 6) is 0. The molecule has 1 atom stereocenters. The number of aryl methyl sites for hydroxylation is 2. The molecule has 0 bridgehead atoms. The number of hydrogen-bond donors (Lipinski definition) is 1. The van der Waals surface area contributed by atoms with Crippen LogP contribution in [-0.4, -0.2) is 14.9 Å². The van der Waals surface area contributed by atoms with E-state index >= 15 is 0 Å². The average Bonchev–Trinajstić information content (AvgIpc) is 2.86. The fraction of sp³-hybridized carbons (Fsp3) is 0.400. The van der Waals surface area contributed by atoms with Crippen LogP contribution in [0.4, 0.5) is 0 Å². The van der Waals surface area contributed by atoms with Crippen LogP contribution in [0.25, 0.3) is 0 Å². The van der Waals surface area contributed by atoms with Gasteiger partial charge in [0.05, 0.1) is 12.3 Å². The van der Waals surface area contributed by atoms with Gasteiger partial charge in [-0.2, -0.15) is 5.10 Å². The van der Waals surface area contributed by atoms with Crippen molar-refractivity contribution in [2.24, 2.45) is 0 Å². The summed E-state index contributed by atoms with van der Waals surface area (Å²) < 4.78 is 1.88. The highest BCUT2D eigenvalue weighted by molar-refractivity contribution is 5.30. The molecule has 1 heterocycles. The van der Waals surface area contributed by atoms with E-state index in [1.165, 1.54) is 5.56 Å². The quantitative estimate of drug-likeness (QED) is 0.878. The highest BCUT2D eigenvalue weighted by atomic mass is 16.3. The largest absolute Gasteiger partial charge is 0.388 e. The van der Waals surface area contributed by atoms with Crippen molar-refractivity contribution in [2.45, 2.75) is 39.3 Å². The lowest BCUT2D eigenvalue weighted by Crippen LogP contribution is -2.04. The smallest absolute Gasteiger partial charge is 0.0834 e. The van der Waals surface area contributed by atoms with Crippen molar-refractivity contribution < 1.29 is 5.11 Å². The molecule has 96 valence electrons. The number of aliphatic hydroxyl groups is 1. The molecule has 3 nitrogen and oxygen atoms in total. The summed E-state index contributed by atoms with van der Waals surface area (Å²) in [6.07, 6.45) is 4.95. The van der Waals surface area contributed by atoms with Gasteiger partial charge in [0.1, 0.15) is 0 Å². The highest BCUT2D eigenvalue weighted by Gasteiger charge is 2.12. The van der Waals surface area contributed by atoms with Crippen molar-refractivity contribution >= 4 is 0 Å². The van der Waals surface area contributed by atoms with Gasteiger partial charge in [0, 0.05) is 19.2 Å². The van der Waals surface area contributed by atoms with Gasteiger partial charge >= 0.3 is 0 Å². The summed E-state index contributed by atoms with van der Waals surface area (Å²) in [6.45, 7) is 5.03. The Hall–Kier alpha value is -1.61. The number of benzene rings is 1. The van der Waals surface area contributed by atoms with Crippen LogP contribution in [0.2, 0.25) is 0 Å². The summed E-state index contributed by atoms with van der Waals surface area (Å²) >= 11 is 0. The van der Waals surface area contributed by atoms with Gasteiger partial charge in [0.15, 0.2) is 0 Å². The van der Waals surface area contributed by atoms with Crippen molar-refractivity contribution in [3.05, 3.63) is 53.3 Å². The highest BCUT2D eigenvalue weighted by Crippen LogP contribution is 2.22. The topological polar surface area (TPSA) is 38.1 Å². The van der Waals surface area contributed by atoms with Crippen LogP contribution in [0.5, 0.6) is 0 Å². The molecule has 3 heteroatoms. The maximum absolute atomic E-state index is 10.3. The fourth-order valence-electron chi connectivity index (χ4n) is 2.20. The van der Waals surface area contributed by atoms with E-state index in [2.05, 4.69) is 25.0 Å². The third-order valence-corrected chi connectivity index (χ3v) is 3.23. The zero-order valence-corrected chi connectivity index (χ0v) is 11.0. The SMILES string of the molecule is CCc1ccccc1C(O)Cc1cnn(CC)c1. The number of nitrogens with zero attached hydrogens (tertiary/aromatic N) is 2. The van der Waals surface area contributed by atoms with E-state index in [-0.39, 0.29) is 0 Å². The molecule has 1 unspecified atom stereocenters. The second-order valence-corrected chi connectivity index (χ2v) is 4.48. The Morgan fingerprint density at radius 1 is 1.28 bits per heavy atom. The average molecular weight is 244 g/mol. The molecule has 0 aliphatic heterocycles. The molecule has 0 saturated heterocycles. The molecule has 0 spiro atoms. The first-order valence-electron chi connectivity index (χ1n) is 6.51. The van der Waals surface area contributed by atoms with Gasteiger partial charge in [-0.25, -0.2) is 0 Å². The van der Waals surface area contributed by atoms with Crippen LogP contribution in [0, 0.1) is 0 Å². The van der Waals surface area contributed by atoms with E-state index < -0.39 is 6.10 Å². The lowest BCUT2D eigenvalue weighted by molar-refractivity contribution is 0.177. The molecule has 1 aromatic heterocycles. The van der Waals surface area contributed by atoms with E-state index in [0.29, 0.717) is 6.42 Å². The van der Waals surface area contributed by atoms with E-state index in [1.54, 1.807) is 0 Å². The van der Waals surface area contributed by atoms with Crippen LogP contribution in [0.1, 0.15) is 36.6 Å². The van der Waals surface area contributed by atoms with Crippen molar-refractivity contribution in [3.63, 3.8) is 0 Å². The lowest BCUT2D eigenvalue weighted by Gasteiger charge is -2.13. The third kappa shape index (κ3) is 2.79. The molecule has 0 aliphatic rings. The van der Waals surface area contributed by atoms with Crippen LogP contribution >= 0.6 is 0 Å². The molecule has 2 aromatic rings. The van der Waals surface area contributed by atoms with Gasteiger partial charge in [0.2, 0.25) is 0 Å². The predicted octanol–water partition coefficient (Wildman–Crippen LogP) is 2.74. The molecule has 0 fully saturated rings. The number of aromatic nitrogens is 2. The van der Waals surface area contributed by atoms with E-state index in [9.17, 15) is 5.11 Å². The molecule has 18 heavy (non-hydrogen) atoms. The molecule has 0 aliphatic carbocycles. The zero-order valence-electron chi connectivity index (χ0n) is 11.0. The van der Waals surface area contributed by atoms with Gasteiger partial charge in [-0.3, -0.25) is 4.68 Å². The third-order valence-electron chi connectivity index (χ3n) is 3.23. The Kier molecular flexibility index (Phi) is 4.15. The molecular formula is C15H20N2O. The van der Waals surface area contributed by atoms with Gasteiger partial charge < -0.3 is 5.11 Å². The molecule has 1 N–H and O–H groups in total. The maximum Gasteiger partial charge on any atom is 0.0834 e. The van der Waals surface area contributed by atoms with Crippen LogP contribution in [-0.2, 0) is 19.4 Å². The van der Waals surface area contributed by atoms with E-state index in [4.69, 9.17) is 0 Å². The first-order chi connectivity index (χ1) is 8.74. The Morgan fingerprint density at radius 2 is 2.06 bits per heavy atom. The van der Waals surface area contributed by atoms with Crippen LogP contribution < -0.4 is 0 Å². The Bertz CT molecular complexity index is 505. The monoisotopic (exact) mass is 244 g/mol. The first-order valence-corrected chi connectivity index (χ1v) is 6.51. The second kappa shape index (κ2) is 5.83. The molecule has 2 rings (SSSR count). The summed E-state index contributed by atoms with van der Waals surface area (Å²) in [5.41, 5.74) is 3.33. The van der Waals surface area contributed by atoms with Crippen molar-refractivity contribution in [3.8, 4) is 0 Å². The number of hydrogen-bond acceptors (Lipinski definition) is 2. The molecule has 0 amide bonds. The van der Waals surface area contributed by atoms with E-state index in [1.807, 2.05) is 35.3 Å². The van der Waals surface area contributed by atoms with Crippen molar-refractivity contribution in [2.75, 3.05) is 0 Å². The maximum atomic E-state index is 10.3. The van der Waals surface area contributed by atoms with Gasteiger partial charge in [-0.1, -0.05) is 31.2 Å². The van der Waals surface area contributed by atoms with Gasteiger partial charge in [-0.05, 0) is 30.0 Å². The minimum Gasteiger partial charge on any atom is -0.388 e. The van der Waals surface area contributed by atoms with Crippen LogP contribution in [0.3, 0.4) is 0 Å². The Morgan fingerprint density at radius 3 is 2.72 bits per heavy atom. The molecule has 0 radical (unpaired) electrons. The Balaban J connectivity index is 2.13. The normalized spacial score (nSPS) is 12.6. The molecule has 0 saturated carbocycles. The van der Waals surface area contributed by atoms with Crippen LogP contribution in [0.15, 0.2) is 36.7 Å². The van der Waals surface area contributed by atoms with Crippen molar-refractivity contribution in [1.82, 2.24) is 9.78 Å². The summed E-state index contributed by atoms with van der Waals surface area (Å²) in [7, 11) is 0. The lowest BCUT2D eigenvalue weighted by atomic mass is 9.97. The summed E-state index contributed by atoms with van der Waals surface area (Å²) in [6, 6.07) is 8.08. The first kappa shape index (κ1) is 12.8. The molecule has 1 aromatic carbocycles. The summed E-state index contributed by atoms with van der Waals surface area (Å²) in [4.78, 5) is 0. The molecular weight excluding hydrogens is 224 g/mol. The van der Waals surface area contributed by atoms with Gasteiger partial charge in [-0.15, -0.1) is 0 Å².